The lowest BCUT2D eigenvalue weighted by Gasteiger charge is -2.38. The number of amides is 1. The molecule has 1 aliphatic rings. The van der Waals surface area contributed by atoms with E-state index >= 15 is 0 Å². The minimum atomic E-state index is -0.817. The molecule has 1 saturated heterocycles. The topological polar surface area (TPSA) is 69.6 Å². The molecule has 0 aromatic carbocycles. The van der Waals surface area contributed by atoms with Gasteiger partial charge in [0.05, 0.1) is 6.04 Å². The molecule has 1 aliphatic heterocycles. The molecule has 2 atom stereocenters. The number of rotatable bonds is 5. The highest BCUT2D eigenvalue weighted by Crippen LogP contribution is 2.22. The van der Waals surface area contributed by atoms with Crippen molar-refractivity contribution in [1.82, 2.24) is 10.2 Å². The summed E-state index contributed by atoms with van der Waals surface area (Å²) in [5.74, 6) is -0.880. The van der Waals surface area contributed by atoms with E-state index < -0.39 is 12.0 Å². The lowest BCUT2D eigenvalue weighted by molar-refractivity contribution is -0.147. The summed E-state index contributed by atoms with van der Waals surface area (Å²) in [4.78, 5) is 24.9. The van der Waals surface area contributed by atoms with Gasteiger partial charge in [-0.25, -0.2) is 0 Å². The highest BCUT2D eigenvalue weighted by atomic mass is 16.4. The molecule has 98 valence electrons. The van der Waals surface area contributed by atoms with Gasteiger partial charge >= 0.3 is 5.97 Å². The van der Waals surface area contributed by atoms with E-state index in [1.807, 2.05) is 11.8 Å². The summed E-state index contributed by atoms with van der Waals surface area (Å²) in [5, 5.41) is 11.9. The molecular weight excluding hydrogens is 220 g/mol. The maximum absolute atomic E-state index is 11.8. The average molecular weight is 242 g/mol. The van der Waals surface area contributed by atoms with Crippen molar-refractivity contribution in [2.75, 3.05) is 13.6 Å². The minimum absolute atomic E-state index is 0.0629. The summed E-state index contributed by atoms with van der Waals surface area (Å²) in [5.41, 5.74) is 0. The Morgan fingerprint density at radius 2 is 2.18 bits per heavy atom. The Balaban J connectivity index is 2.80. The number of likely N-dealkylation sites (tertiary alicyclic amines) is 1. The lowest BCUT2D eigenvalue weighted by Crippen LogP contribution is -2.55. The number of hydrogen-bond acceptors (Lipinski definition) is 3. The molecule has 17 heavy (non-hydrogen) atoms. The summed E-state index contributed by atoms with van der Waals surface area (Å²) in [6, 6.07) is -0.802. The van der Waals surface area contributed by atoms with Gasteiger partial charge in [-0.15, -0.1) is 0 Å². The zero-order valence-electron chi connectivity index (χ0n) is 10.6. The van der Waals surface area contributed by atoms with Crippen LogP contribution in [0.5, 0.6) is 0 Å². The SMILES string of the molecule is CCCC(C(=O)O)N1CCCCC1C(=O)NC. The van der Waals surface area contributed by atoms with E-state index in [9.17, 15) is 14.7 Å². The number of likely N-dealkylation sites (N-methyl/N-ethyl adjacent to an activating group) is 1. The monoisotopic (exact) mass is 242 g/mol. The summed E-state index contributed by atoms with van der Waals surface area (Å²) >= 11 is 0. The molecule has 5 heteroatoms. The Morgan fingerprint density at radius 3 is 2.71 bits per heavy atom. The molecule has 0 aromatic rings. The fourth-order valence-electron chi connectivity index (χ4n) is 2.48. The third-order valence-electron chi connectivity index (χ3n) is 3.34. The van der Waals surface area contributed by atoms with Crippen LogP contribution in [0.2, 0.25) is 0 Å². The quantitative estimate of drug-likeness (QED) is 0.749. The van der Waals surface area contributed by atoms with Gasteiger partial charge in [0.2, 0.25) is 5.91 Å². The second-order valence-electron chi connectivity index (χ2n) is 4.51. The van der Waals surface area contributed by atoms with E-state index in [-0.39, 0.29) is 11.9 Å². The van der Waals surface area contributed by atoms with E-state index in [0.29, 0.717) is 13.0 Å². The van der Waals surface area contributed by atoms with Crippen molar-refractivity contribution in [1.29, 1.82) is 0 Å². The maximum Gasteiger partial charge on any atom is 0.320 e. The molecule has 0 radical (unpaired) electrons. The second kappa shape index (κ2) is 6.59. The van der Waals surface area contributed by atoms with Crippen molar-refractivity contribution in [3.05, 3.63) is 0 Å². The van der Waals surface area contributed by atoms with Gasteiger partial charge < -0.3 is 10.4 Å². The minimum Gasteiger partial charge on any atom is -0.480 e. The van der Waals surface area contributed by atoms with Gasteiger partial charge in [0, 0.05) is 7.05 Å². The fraction of sp³-hybridized carbons (Fsp3) is 0.833. The number of nitrogens with zero attached hydrogens (tertiary/aromatic N) is 1. The maximum atomic E-state index is 11.8. The summed E-state index contributed by atoms with van der Waals surface area (Å²) in [6.45, 7) is 2.67. The van der Waals surface area contributed by atoms with Crippen LogP contribution in [0, 0.1) is 0 Å². The Hall–Kier alpha value is -1.10. The summed E-state index contributed by atoms with van der Waals surface area (Å²) in [6.07, 6.45) is 4.14. The predicted molar refractivity (Wildman–Crippen MR) is 64.7 cm³/mol. The molecule has 1 heterocycles. The molecule has 2 unspecified atom stereocenters. The molecule has 0 aromatic heterocycles. The third-order valence-corrected chi connectivity index (χ3v) is 3.34. The molecule has 1 fully saturated rings. The zero-order valence-corrected chi connectivity index (χ0v) is 10.6. The molecule has 0 bridgehead atoms. The van der Waals surface area contributed by atoms with Crippen LogP contribution in [-0.2, 0) is 9.59 Å². The third kappa shape index (κ3) is 3.43. The van der Waals surface area contributed by atoms with Crippen LogP contribution >= 0.6 is 0 Å². The highest BCUT2D eigenvalue weighted by Gasteiger charge is 2.35. The van der Waals surface area contributed by atoms with Crippen LogP contribution < -0.4 is 5.32 Å². The molecule has 0 saturated carbocycles. The van der Waals surface area contributed by atoms with Crippen molar-refractivity contribution in [3.8, 4) is 0 Å². The Labute approximate surface area is 102 Å². The smallest absolute Gasteiger partial charge is 0.320 e. The number of hydrogen-bond donors (Lipinski definition) is 2. The van der Waals surface area contributed by atoms with Gasteiger partial charge in [-0.2, -0.15) is 0 Å². The number of carbonyl (C=O) groups is 2. The van der Waals surface area contributed by atoms with E-state index in [1.54, 1.807) is 7.05 Å². The lowest BCUT2D eigenvalue weighted by atomic mass is 9.97. The first kappa shape index (κ1) is 14.0. The van der Waals surface area contributed by atoms with Gasteiger partial charge in [0.15, 0.2) is 0 Å². The largest absolute Gasteiger partial charge is 0.480 e. The fourth-order valence-corrected chi connectivity index (χ4v) is 2.48. The van der Waals surface area contributed by atoms with Crippen LogP contribution in [0.4, 0.5) is 0 Å². The number of piperidine rings is 1. The van der Waals surface area contributed by atoms with Gasteiger partial charge in [-0.05, 0) is 25.8 Å². The van der Waals surface area contributed by atoms with Gasteiger partial charge in [0.1, 0.15) is 6.04 Å². The van der Waals surface area contributed by atoms with Crippen molar-refractivity contribution < 1.29 is 14.7 Å². The second-order valence-corrected chi connectivity index (χ2v) is 4.51. The van der Waals surface area contributed by atoms with Crippen LogP contribution in [0.25, 0.3) is 0 Å². The molecular formula is C12H22N2O3. The van der Waals surface area contributed by atoms with E-state index in [4.69, 9.17) is 0 Å². The molecule has 1 rings (SSSR count). The standard InChI is InChI=1S/C12H22N2O3/c1-3-6-10(12(16)17)14-8-5-4-7-9(14)11(15)13-2/h9-10H,3-8H2,1-2H3,(H,13,15)(H,16,17). The first-order chi connectivity index (χ1) is 8.11. The van der Waals surface area contributed by atoms with Crippen molar-refractivity contribution in [2.45, 2.75) is 51.1 Å². The summed E-state index contributed by atoms with van der Waals surface area (Å²) in [7, 11) is 1.60. The van der Waals surface area contributed by atoms with Crippen LogP contribution in [0.3, 0.4) is 0 Å². The molecule has 0 aliphatic carbocycles. The van der Waals surface area contributed by atoms with Gasteiger partial charge in [-0.3, -0.25) is 14.5 Å². The highest BCUT2D eigenvalue weighted by molar-refractivity contribution is 5.83. The number of carboxylic acid groups (broad SMARTS) is 1. The molecule has 5 nitrogen and oxygen atoms in total. The zero-order chi connectivity index (χ0) is 12.8. The number of aliphatic carboxylic acids is 1. The number of nitrogens with one attached hydrogen (secondary N) is 1. The summed E-state index contributed by atoms with van der Waals surface area (Å²) < 4.78 is 0. The molecule has 1 amide bonds. The molecule has 0 spiro atoms. The van der Waals surface area contributed by atoms with E-state index in [0.717, 1.165) is 25.7 Å². The number of carbonyl (C=O) groups excluding carboxylic acids is 1. The van der Waals surface area contributed by atoms with Gasteiger partial charge in [0.25, 0.3) is 0 Å². The Morgan fingerprint density at radius 1 is 1.47 bits per heavy atom. The predicted octanol–water partition coefficient (Wildman–Crippen LogP) is 0.840. The first-order valence-electron chi connectivity index (χ1n) is 6.32. The number of carboxylic acids is 1. The average Bonchev–Trinajstić information content (AvgIpc) is 2.34. The van der Waals surface area contributed by atoms with Crippen LogP contribution in [-0.4, -0.2) is 47.6 Å². The van der Waals surface area contributed by atoms with Crippen molar-refractivity contribution in [3.63, 3.8) is 0 Å². The van der Waals surface area contributed by atoms with E-state index in [2.05, 4.69) is 5.32 Å². The molecule has 2 N–H and O–H groups in total. The Bertz CT molecular complexity index is 277. The van der Waals surface area contributed by atoms with Crippen LogP contribution in [0.15, 0.2) is 0 Å². The van der Waals surface area contributed by atoms with E-state index in [1.165, 1.54) is 0 Å². The first-order valence-corrected chi connectivity index (χ1v) is 6.32. The normalized spacial score (nSPS) is 23.1. The van der Waals surface area contributed by atoms with Crippen LogP contribution in [0.1, 0.15) is 39.0 Å². The van der Waals surface area contributed by atoms with Crippen molar-refractivity contribution >= 4 is 11.9 Å². The van der Waals surface area contributed by atoms with Gasteiger partial charge in [-0.1, -0.05) is 19.8 Å². The van der Waals surface area contributed by atoms with Crippen molar-refractivity contribution in [2.24, 2.45) is 0 Å². The Kier molecular flexibility index (Phi) is 5.41.